The van der Waals surface area contributed by atoms with Crippen molar-refractivity contribution in [1.82, 2.24) is 0 Å². The van der Waals surface area contributed by atoms with Crippen molar-refractivity contribution in [3.8, 4) is 23.7 Å². The van der Waals surface area contributed by atoms with Gasteiger partial charge in [0, 0.05) is 6.42 Å². The molecule has 0 aromatic carbocycles. The van der Waals surface area contributed by atoms with E-state index < -0.39 is 0 Å². The van der Waals surface area contributed by atoms with E-state index in [0.717, 1.165) is 12.8 Å². The van der Waals surface area contributed by atoms with Gasteiger partial charge in [0.15, 0.2) is 0 Å². The zero-order valence-corrected chi connectivity index (χ0v) is 8.01. The Balaban J connectivity index is 3.74. The highest BCUT2D eigenvalue weighted by Gasteiger charge is 1.66. The first-order chi connectivity index (χ1) is 6.41. The lowest BCUT2D eigenvalue weighted by atomic mass is 10.3. The van der Waals surface area contributed by atoms with Crippen molar-refractivity contribution in [3.05, 3.63) is 37.0 Å². The summed E-state index contributed by atoms with van der Waals surface area (Å²) in [6.45, 7) is 5.65. The first kappa shape index (κ1) is 11.3. The Morgan fingerprint density at radius 1 is 1.15 bits per heavy atom. The van der Waals surface area contributed by atoms with Gasteiger partial charge >= 0.3 is 0 Å². The summed E-state index contributed by atoms with van der Waals surface area (Å²) in [4.78, 5) is 0. The van der Waals surface area contributed by atoms with E-state index in [1.807, 2.05) is 18.2 Å². The summed E-state index contributed by atoms with van der Waals surface area (Å²) in [6.07, 6.45) is 11.1. The summed E-state index contributed by atoms with van der Waals surface area (Å²) in [6, 6.07) is 0. The predicted molar refractivity (Wildman–Crippen MR) is 58.9 cm³/mol. The van der Waals surface area contributed by atoms with E-state index in [9.17, 15) is 0 Å². The molecule has 13 heavy (non-hydrogen) atoms. The molecule has 0 heteroatoms. The maximum Gasteiger partial charge on any atom is 0.00963 e. The van der Waals surface area contributed by atoms with Gasteiger partial charge in [0.1, 0.15) is 0 Å². The lowest BCUT2D eigenvalue weighted by Crippen LogP contribution is -1.59. The number of unbranched alkanes of at least 4 members (excludes halogenated alkanes) is 1. The van der Waals surface area contributed by atoms with Crippen LogP contribution < -0.4 is 0 Å². The normalized spacial score (nSPS) is 9.00. The molecule has 0 aliphatic carbocycles. The third-order valence-electron chi connectivity index (χ3n) is 1.14. The number of rotatable bonds is 3. The van der Waals surface area contributed by atoms with Crippen LogP contribution in [0.5, 0.6) is 0 Å². The summed E-state index contributed by atoms with van der Waals surface area (Å²) in [7, 11) is 0. The van der Waals surface area contributed by atoms with Crippen LogP contribution in [0.2, 0.25) is 0 Å². The predicted octanol–water partition coefficient (Wildman–Crippen LogP) is 3.09. The van der Waals surface area contributed by atoms with Gasteiger partial charge in [-0.25, -0.2) is 0 Å². The Hall–Kier alpha value is -1.66. The standard InChI is InChI=1S/C13H14/c1-3-5-7-9-11-13-12-10-8-6-4-2/h3,5,7,9,11H,1,4,6H2,2H3. The average Bonchev–Trinajstić information content (AvgIpc) is 2.16. The Morgan fingerprint density at radius 3 is 2.69 bits per heavy atom. The van der Waals surface area contributed by atoms with Crippen LogP contribution in [-0.4, -0.2) is 0 Å². The van der Waals surface area contributed by atoms with Gasteiger partial charge in [-0.3, -0.25) is 0 Å². The van der Waals surface area contributed by atoms with E-state index in [1.165, 1.54) is 0 Å². The maximum absolute atomic E-state index is 3.55. The molecule has 0 radical (unpaired) electrons. The van der Waals surface area contributed by atoms with Crippen LogP contribution in [-0.2, 0) is 0 Å². The molecular weight excluding hydrogens is 156 g/mol. The van der Waals surface area contributed by atoms with E-state index in [0.29, 0.717) is 0 Å². The summed E-state index contributed by atoms with van der Waals surface area (Å²) < 4.78 is 0. The largest absolute Gasteiger partial charge is 0.0991 e. The van der Waals surface area contributed by atoms with Crippen LogP contribution in [0.25, 0.3) is 0 Å². The van der Waals surface area contributed by atoms with Crippen molar-refractivity contribution in [2.75, 3.05) is 0 Å². The fourth-order valence-electron chi connectivity index (χ4n) is 0.556. The zero-order valence-electron chi connectivity index (χ0n) is 8.01. The smallest absolute Gasteiger partial charge is 0.00963 e. The lowest BCUT2D eigenvalue weighted by molar-refractivity contribution is 0.983. The second kappa shape index (κ2) is 10.3. The molecule has 0 aromatic rings. The van der Waals surface area contributed by atoms with Gasteiger partial charge in [-0.05, 0) is 24.3 Å². The number of hydrogen-bond donors (Lipinski definition) is 0. The minimum absolute atomic E-state index is 0.925. The van der Waals surface area contributed by atoms with E-state index in [1.54, 1.807) is 12.2 Å². The molecule has 66 valence electrons. The molecule has 0 amide bonds. The monoisotopic (exact) mass is 170 g/mol. The van der Waals surface area contributed by atoms with Crippen LogP contribution >= 0.6 is 0 Å². The zero-order chi connectivity index (χ0) is 9.78. The van der Waals surface area contributed by atoms with E-state index in [-0.39, 0.29) is 0 Å². The minimum Gasteiger partial charge on any atom is -0.0991 e. The maximum atomic E-state index is 3.55. The fraction of sp³-hybridized carbons (Fsp3) is 0.231. The molecule has 0 aromatic heterocycles. The number of hydrogen-bond acceptors (Lipinski definition) is 0. The van der Waals surface area contributed by atoms with Crippen molar-refractivity contribution in [2.45, 2.75) is 19.8 Å². The van der Waals surface area contributed by atoms with Gasteiger partial charge in [0.2, 0.25) is 0 Å². The molecule has 0 spiro atoms. The Kier molecular flexibility index (Phi) is 9.02. The Bertz CT molecular complexity index is 294. The van der Waals surface area contributed by atoms with Crippen molar-refractivity contribution < 1.29 is 0 Å². The highest BCUT2D eigenvalue weighted by Crippen LogP contribution is 1.80. The molecule has 0 aliphatic heterocycles. The molecule has 0 unspecified atom stereocenters. The SMILES string of the molecule is C=CC=CC=CC#CC#CCCC. The van der Waals surface area contributed by atoms with Crippen LogP contribution in [0.15, 0.2) is 37.0 Å². The molecule has 0 nitrogen and oxygen atoms in total. The average molecular weight is 170 g/mol. The van der Waals surface area contributed by atoms with Gasteiger partial charge < -0.3 is 0 Å². The van der Waals surface area contributed by atoms with Crippen LogP contribution in [0.3, 0.4) is 0 Å². The van der Waals surface area contributed by atoms with Crippen molar-refractivity contribution in [1.29, 1.82) is 0 Å². The summed E-state index contributed by atoms with van der Waals surface area (Å²) in [5.74, 6) is 11.3. The van der Waals surface area contributed by atoms with Crippen LogP contribution in [0, 0.1) is 23.7 Å². The molecule has 0 N–H and O–H groups in total. The Labute approximate surface area is 81.0 Å². The summed E-state index contributed by atoms with van der Waals surface area (Å²) in [5, 5.41) is 0. The summed E-state index contributed by atoms with van der Waals surface area (Å²) in [5.41, 5.74) is 0. The lowest BCUT2D eigenvalue weighted by Gasteiger charge is -1.72. The van der Waals surface area contributed by atoms with Gasteiger partial charge in [0.05, 0.1) is 0 Å². The molecular formula is C13H14. The Morgan fingerprint density at radius 2 is 2.00 bits per heavy atom. The van der Waals surface area contributed by atoms with Gasteiger partial charge in [-0.15, -0.1) is 0 Å². The van der Waals surface area contributed by atoms with E-state index in [4.69, 9.17) is 0 Å². The van der Waals surface area contributed by atoms with Gasteiger partial charge in [-0.1, -0.05) is 49.6 Å². The molecule has 0 saturated carbocycles. The third-order valence-corrected chi connectivity index (χ3v) is 1.14. The van der Waals surface area contributed by atoms with Gasteiger partial charge in [-0.2, -0.15) is 0 Å². The minimum atomic E-state index is 0.925. The topological polar surface area (TPSA) is 0 Å². The fourth-order valence-corrected chi connectivity index (χ4v) is 0.556. The molecule has 0 bridgehead atoms. The second-order valence-electron chi connectivity index (χ2n) is 2.30. The first-order valence-corrected chi connectivity index (χ1v) is 4.34. The number of allylic oxidation sites excluding steroid dienone is 5. The molecule has 0 rings (SSSR count). The van der Waals surface area contributed by atoms with Crippen LogP contribution in [0.4, 0.5) is 0 Å². The third kappa shape index (κ3) is 10.3. The molecule has 0 heterocycles. The molecule has 0 atom stereocenters. The highest BCUT2D eigenvalue weighted by atomic mass is 13.7. The van der Waals surface area contributed by atoms with Gasteiger partial charge in [0.25, 0.3) is 0 Å². The molecule has 0 fully saturated rings. The van der Waals surface area contributed by atoms with Crippen molar-refractivity contribution in [3.63, 3.8) is 0 Å². The van der Waals surface area contributed by atoms with Crippen LogP contribution in [0.1, 0.15) is 19.8 Å². The van der Waals surface area contributed by atoms with E-state index in [2.05, 4.69) is 37.2 Å². The van der Waals surface area contributed by atoms with E-state index >= 15 is 0 Å². The highest BCUT2D eigenvalue weighted by molar-refractivity contribution is 5.31. The molecule has 0 aliphatic rings. The second-order valence-corrected chi connectivity index (χ2v) is 2.30. The van der Waals surface area contributed by atoms with Crippen molar-refractivity contribution in [2.24, 2.45) is 0 Å². The molecule has 0 saturated heterocycles. The first-order valence-electron chi connectivity index (χ1n) is 4.34. The quantitative estimate of drug-likeness (QED) is 0.451. The summed E-state index contributed by atoms with van der Waals surface area (Å²) >= 11 is 0. The van der Waals surface area contributed by atoms with Crippen molar-refractivity contribution >= 4 is 0 Å².